The van der Waals surface area contributed by atoms with Gasteiger partial charge in [-0.1, -0.05) is 0 Å². The smallest absolute Gasteiger partial charge is 0.328 e. The fraction of sp³-hybridized carbons (Fsp3) is 0.333. The molecular weight excluding hydrogens is 266 g/mol. The van der Waals surface area contributed by atoms with Crippen LogP contribution in [0.2, 0.25) is 0 Å². The lowest BCUT2D eigenvalue weighted by Gasteiger charge is -2.18. The molecule has 1 unspecified atom stereocenters. The summed E-state index contributed by atoms with van der Waals surface area (Å²) in [6.45, 7) is 0.241. The Hall–Kier alpha value is -2.48. The number of nitrogens with zero attached hydrogens (tertiary/aromatic N) is 2. The molecule has 2 rings (SSSR count). The van der Waals surface area contributed by atoms with Gasteiger partial charge in [-0.15, -0.1) is 0 Å². The highest BCUT2D eigenvalue weighted by molar-refractivity contribution is 6.14. The number of hydrogen-bond acceptors (Lipinski definition) is 5. The van der Waals surface area contributed by atoms with Gasteiger partial charge in [0, 0.05) is 25.8 Å². The van der Waals surface area contributed by atoms with E-state index in [2.05, 4.69) is 5.32 Å². The van der Waals surface area contributed by atoms with Crippen LogP contribution in [0.4, 0.5) is 16.2 Å². The van der Waals surface area contributed by atoms with E-state index in [0.717, 1.165) is 4.90 Å². The quantitative estimate of drug-likeness (QED) is 0.658. The van der Waals surface area contributed by atoms with E-state index in [1.165, 1.54) is 31.4 Å². The minimum atomic E-state index is -0.566. The number of nitro groups is 1. The summed E-state index contributed by atoms with van der Waals surface area (Å²) in [6.07, 6.45) is -0.318. The van der Waals surface area contributed by atoms with Crippen LogP contribution >= 0.6 is 0 Å². The van der Waals surface area contributed by atoms with Crippen LogP contribution in [0.25, 0.3) is 0 Å². The van der Waals surface area contributed by atoms with Crippen LogP contribution in [0, 0.1) is 10.1 Å². The molecule has 106 valence electrons. The lowest BCUT2D eigenvalue weighted by Crippen LogP contribution is -2.41. The molecular formula is C12H13N3O5. The zero-order valence-corrected chi connectivity index (χ0v) is 10.7. The standard InChI is InChI=1S/C12H13N3O5/c1-20-10-6-11(16)14(12(17)13-7-10)8-2-4-9(5-3-8)15(18)19/h2-5,10H,6-7H2,1H3,(H,13,17). The molecule has 1 aromatic rings. The molecule has 8 nitrogen and oxygen atoms in total. The van der Waals surface area contributed by atoms with Gasteiger partial charge in [-0.2, -0.15) is 0 Å². The van der Waals surface area contributed by atoms with Crippen LogP contribution in [0.1, 0.15) is 6.42 Å². The molecule has 1 aliphatic rings. The lowest BCUT2D eigenvalue weighted by molar-refractivity contribution is -0.384. The third-order valence-corrected chi connectivity index (χ3v) is 2.99. The number of non-ortho nitro benzene ring substituents is 1. The number of ether oxygens (including phenoxy) is 1. The minimum absolute atomic E-state index is 0.0617. The number of carbonyl (C=O) groups is 2. The molecule has 1 heterocycles. The van der Waals surface area contributed by atoms with Crippen molar-refractivity contribution in [2.75, 3.05) is 18.6 Å². The predicted molar refractivity (Wildman–Crippen MR) is 69.4 cm³/mol. The predicted octanol–water partition coefficient (Wildman–Crippen LogP) is 1.06. The Morgan fingerprint density at radius 2 is 2.00 bits per heavy atom. The van der Waals surface area contributed by atoms with Gasteiger partial charge < -0.3 is 10.1 Å². The van der Waals surface area contributed by atoms with Gasteiger partial charge >= 0.3 is 6.03 Å². The van der Waals surface area contributed by atoms with Crippen molar-refractivity contribution in [3.63, 3.8) is 0 Å². The van der Waals surface area contributed by atoms with Gasteiger partial charge in [-0.3, -0.25) is 14.9 Å². The average Bonchev–Trinajstić information content (AvgIpc) is 2.57. The van der Waals surface area contributed by atoms with E-state index >= 15 is 0 Å². The molecule has 0 spiro atoms. The number of carbonyl (C=O) groups excluding carboxylic acids is 2. The lowest BCUT2D eigenvalue weighted by atomic mass is 10.2. The summed E-state index contributed by atoms with van der Waals surface area (Å²) in [5.41, 5.74) is 0.182. The zero-order chi connectivity index (χ0) is 14.7. The molecule has 1 fully saturated rings. The van der Waals surface area contributed by atoms with E-state index in [4.69, 9.17) is 4.74 Å². The Kier molecular flexibility index (Phi) is 3.94. The number of rotatable bonds is 3. The van der Waals surface area contributed by atoms with Crippen molar-refractivity contribution < 1.29 is 19.2 Å². The maximum absolute atomic E-state index is 12.1. The first-order chi connectivity index (χ1) is 9.52. The molecule has 0 aromatic heterocycles. The van der Waals surface area contributed by atoms with Crippen molar-refractivity contribution in [2.24, 2.45) is 0 Å². The van der Waals surface area contributed by atoms with Crippen molar-refractivity contribution in [3.05, 3.63) is 34.4 Å². The normalized spacial score (nSPS) is 19.4. The first kappa shape index (κ1) is 13.9. The SMILES string of the molecule is COC1CNC(=O)N(c2ccc([N+](=O)[O-])cc2)C(=O)C1. The third kappa shape index (κ3) is 2.75. The molecule has 1 aliphatic heterocycles. The van der Waals surface area contributed by atoms with E-state index in [9.17, 15) is 19.7 Å². The molecule has 20 heavy (non-hydrogen) atoms. The molecule has 0 aliphatic carbocycles. The highest BCUT2D eigenvalue weighted by Crippen LogP contribution is 2.21. The summed E-state index contributed by atoms with van der Waals surface area (Å²) in [4.78, 5) is 35.0. The second-order valence-electron chi connectivity index (χ2n) is 4.25. The molecule has 8 heteroatoms. The van der Waals surface area contributed by atoms with Crippen molar-refractivity contribution in [1.29, 1.82) is 0 Å². The topological polar surface area (TPSA) is 102 Å². The number of amides is 3. The highest BCUT2D eigenvalue weighted by Gasteiger charge is 2.30. The first-order valence-corrected chi connectivity index (χ1v) is 5.91. The summed E-state index contributed by atoms with van der Waals surface area (Å²) in [5, 5.41) is 13.2. The van der Waals surface area contributed by atoms with Gasteiger partial charge in [-0.05, 0) is 12.1 Å². The molecule has 0 saturated carbocycles. The van der Waals surface area contributed by atoms with Crippen LogP contribution in [0.5, 0.6) is 0 Å². The van der Waals surface area contributed by atoms with Gasteiger partial charge in [0.2, 0.25) is 5.91 Å². The Labute approximate surface area is 114 Å². The summed E-state index contributed by atoms with van der Waals surface area (Å²) in [7, 11) is 1.46. The molecule has 1 N–H and O–H groups in total. The van der Waals surface area contributed by atoms with Crippen LogP contribution < -0.4 is 10.2 Å². The summed E-state index contributed by atoms with van der Waals surface area (Å²) < 4.78 is 5.07. The molecule has 0 bridgehead atoms. The maximum Gasteiger partial charge on any atom is 0.328 e. The maximum atomic E-state index is 12.1. The number of hydrogen-bond donors (Lipinski definition) is 1. The second-order valence-corrected chi connectivity index (χ2v) is 4.25. The summed E-state index contributed by atoms with van der Waals surface area (Å²) >= 11 is 0. The summed E-state index contributed by atoms with van der Waals surface area (Å²) in [6, 6.07) is 4.65. The van der Waals surface area contributed by atoms with Gasteiger partial charge in [-0.25, -0.2) is 9.69 Å². The molecule has 3 amide bonds. The molecule has 1 saturated heterocycles. The van der Waals surface area contributed by atoms with E-state index in [1.54, 1.807) is 0 Å². The first-order valence-electron chi connectivity index (χ1n) is 5.91. The van der Waals surface area contributed by atoms with Crippen molar-refractivity contribution in [1.82, 2.24) is 5.32 Å². The molecule has 1 aromatic carbocycles. The van der Waals surface area contributed by atoms with Crippen molar-refractivity contribution in [3.8, 4) is 0 Å². The van der Waals surface area contributed by atoms with E-state index in [1.807, 2.05) is 0 Å². The largest absolute Gasteiger partial charge is 0.379 e. The molecule has 1 atom stereocenters. The van der Waals surface area contributed by atoms with Gasteiger partial charge in [0.25, 0.3) is 5.69 Å². The Morgan fingerprint density at radius 1 is 1.35 bits per heavy atom. The fourth-order valence-electron chi connectivity index (χ4n) is 1.90. The average molecular weight is 279 g/mol. The Morgan fingerprint density at radius 3 is 2.55 bits per heavy atom. The van der Waals surface area contributed by atoms with Crippen LogP contribution in [0.3, 0.4) is 0 Å². The van der Waals surface area contributed by atoms with Gasteiger partial charge in [0.1, 0.15) is 0 Å². The second kappa shape index (κ2) is 5.66. The number of nitrogens with one attached hydrogen (secondary N) is 1. The van der Waals surface area contributed by atoms with Crippen molar-refractivity contribution >= 4 is 23.3 Å². The van der Waals surface area contributed by atoms with Gasteiger partial charge in [0.05, 0.1) is 23.1 Å². The number of nitro benzene ring substituents is 1. The van der Waals surface area contributed by atoms with Gasteiger partial charge in [0.15, 0.2) is 0 Å². The zero-order valence-electron chi connectivity index (χ0n) is 10.7. The van der Waals surface area contributed by atoms with E-state index < -0.39 is 16.9 Å². The minimum Gasteiger partial charge on any atom is -0.379 e. The summed E-state index contributed by atoms with van der Waals surface area (Å²) in [5.74, 6) is -0.416. The van der Waals surface area contributed by atoms with E-state index in [-0.39, 0.29) is 30.4 Å². The Bertz CT molecular complexity index is 543. The number of methoxy groups -OCH3 is 1. The number of benzene rings is 1. The van der Waals surface area contributed by atoms with Crippen LogP contribution in [-0.2, 0) is 9.53 Å². The monoisotopic (exact) mass is 279 g/mol. The van der Waals surface area contributed by atoms with Crippen LogP contribution in [0.15, 0.2) is 24.3 Å². The Balaban J connectivity index is 2.27. The fourth-order valence-corrected chi connectivity index (χ4v) is 1.90. The van der Waals surface area contributed by atoms with E-state index in [0.29, 0.717) is 0 Å². The number of imide groups is 1. The van der Waals surface area contributed by atoms with Crippen molar-refractivity contribution in [2.45, 2.75) is 12.5 Å². The number of urea groups is 1. The molecule has 0 radical (unpaired) electrons. The highest BCUT2D eigenvalue weighted by atomic mass is 16.6. The number of anilines is 1. The third-order valence-electron chi connectivity index (χ3n) is 2.99. The van der Waals surface area contributed by atoms with Crippen LogP contribution in [-0.4, -0.2) is 36.6 Å².